The Kier molecular flexibility index (Phi) is 2.97. The molecule has 2 heterocycles. The number of aromatic amines is 1. The van der Waals surface area contributed by atoms with Crippen molar-refractivity contribution in [1.82, 2.24) is 15.0 Å². The third kappa shape index (κ3) is 1.72. The minimum absolute atomic E-state index is 0.922. The number of nitrogens with zero attached hydrogens (tertiary/aromatic N) is 2. The number of pyridine rings is 1. The van der Waals surface area contributed by atoms with Crippen LogP contribution in [0.4, 0.5) is 0 Å². The van der Waals surface area contributed by atoms with E-state index < -0.39 is 0 Å². The Hall–Kier alpha value is -1.90. The molecule has 0 radical (unpaired) electrons. The second-order valence-corrected chi connectivity index (χ2v) is 4.84. The smallest absolute Gasteiger partial charge is 0.0998 e. The summed E-state index contributed by atoms with van der Waals surface area (Å²) in [6, 6.07) is 4.35. The van der Waals surface area contributed by atoms with Crippen molar-refractivity contribution < 1.29 is 0 Å². The Balaban J connectivity index is 2.51. The summed E-state index contributed by atoms with van der Waals surface area (Å²) >= 11 is 0. The minimum atomic E-state index is 0.922. The summed E-state index contributed by atoms with van der Waals surface area (Å²) in [5, 5.41) is 1.23. The Morgan fingerprint density at radius 2 is 1.89 bits per heavy atom. The Morgan fingerprint density at radius 3 is 2.58 bits per heavy atom. The zero-order chi connectivity index (χ0) is 13.4. The second-order valence-electron chi connectivity index (χ2n) is 4.84. The first kappa shape index (κ1) is 12.2. The molecule has 3 heteroatoms. The van der Waals surface area contributed by atoms with E-state index in [0.717, 1.165) is 41.5 Å². The van der Waals surface area contributed by atoms with Crippen molar-refractivity contribution in [3.05, 3.63) is 35.3 Å². The fourth-order valence-corrected chi connectivity index (χ4v) is 2.93. The SMILES string of the molecule is CCc1ccc2nc(CC)c3[nH]cnc3c2c1CC. The molecule has 0 spiro atoms. The van der Waals surface area contributed by atoms with Gasteiger partial charge >= 0.3 is 0 Å². The molecule has 0 amide bonds. The number of imidazole rings is 1. The van der Waals surface area contributed by atoms with Gasteiger partial charge in [-0.1, -0.05) is 26.8 Å². The maximum atomic E-state index is 4.81. The predicted molar refractivity (Wildman–Crippen MR) is 79.5 cm³/mol. The van der Waals surface area contributed by atoms with Gasteiger partial charge in [0.1, 0.15) is 0 Å². The van der Waals surface area contributed by atoms with Crippen LogP contribution in [0.5, 0.6) is 0 Å². The van der Waals surface area contributed by atoms with E-state index >= 15 is 0 Å². The zero-order valence-corrected chi connectivity index (χ0v) is 11.7. The zero-order valence-electron chi connectivity index (χ0n) is 11.7. The molecule has 0 bridgehead atoms. The maximum absolute atomic E-state index is 4.81. The number of hydrogen-bond donors (Lipinski definition) is 1. The number of H-pyrrole nitrogens is 1. The fraction of sp³-hybridized carbons (Fsp3) is 0.375. The van der Waals surface area contributed by atoms with Crippen LogP contribution in [0.15, 0.2) is 18.5 Å². The van der Waals surface area contributed by atoms with Gasteiger partial charge in [0.05, 0.1) is 28.6 Å². The number of aryl methyl sites for hydroxylation is 3. The van der Waals surface area contributed by atoms with Crippen LogP contribution < -0.4 is 0 Å². The first-order valence-corrected chi connectivity index (χ1v) is 7.06. The van der Waals surface area contributed by atoms with E-state index in [1.165, 1.54) is 16.5 Å². The third-order valence-corrected chi connectivity index (χ3v) is 3.88. The molecule has 0 aliphatic rings. The lowest BCUT2D eigenvalue weighted by molar-refractivity contribution is 1.04. The summed E-state index contributed by atoms with van der Waals surface area (Å²) in [5.74, 6) is 0. The van der Waals surface area contributed by atoms with Crippen molar-refractivity contribution in [2.24, 2.45) is 0 Å². The molecule has 0 atom stereocenters. The minimum Gasteiger partial charge on any atom is -0.343 e. The van der Waals surface area contributed by atoms with Crippen LogP contribution in [0.3, 0.4) is 0 Å². The van der Waals surface area contributed by atoms with Crippen molar-refractivity contribution in [3.8, 4) is 0 Å². The lowest BCUT2D eigenvalue weighted by Crippen LogP contribution is -1.98. The molecule has 0 aliphatic carbocycles. The monoisotopic (exact) mass is 253 g/mol. The van der Waals surface area contributed by atoms with Gasteiger partial charge in [-0.25, -0.2) is 4.98 Å². The van der Waals surface area contributed by atoms with Gasteiger partial charge in [0, 0.05) is 5.39 Å². The summed E-state index contributed by atoms with van der Waals surface area (Å²) < 4.78 is 0. The number of benzene rings is 1. The summed E-state index contributed by atoms with van der Waals surface area (Å²) in [6.45, 7) is 6.55. The highest BCUT2D eigenvalue weighted by Gasteiger charge is 2.14. The van der Waals surface area contributed by atoms with Crippen molar-refractivity contribution in [2.75, 3.05) is 0 Å². The molecular formula is C16H19N3. The van der Waals surface area contributed by atoms with Gasteiger partial charge in [-0.3, -0.25) is 4.98 Å². The number of aromatic nitrogens is 3. The lowest BCUT2D eigenvalue weighted by Gasteiger charge is -2.11. The van der Waals surface area contributed by atoms with E-state index in [1.54, 1.807) is 6.33 Å². The largest absolute Gasteiger partial charge is 0.343 e. The molecule has 0 unspecified atom stereocenters. The molecule has 3 aromatic rings. The molecule has 3 nitrogen and oxygen atoms in total. The number of nitrogens with one attached hydrogen (secondary N) is 1. The number of rotatable bonds is 3. The fourth-order valence-electron chi connectivity index (χ4n) is 2.93. The molecule has 19 heavy (non-hydrogen) atoms. The Labute approximate surface area is 113 Å². The molecule has 1 N–H and O–H groups in total. The molecular weight excluding hydrogens is 234 g/mol. The van der Waals surface area contributed by atoms with Crippen molar-refractivity contribution in [2.45, 2.75) is 40.0 Å². The molecule has 2 aromatic heterocycles. The number of fused-ring (bicyclic) bond motifs is 3. The van der Waals surface area contributed by atoms with Gasteiger partial charge in [-0.05, 0) is 36.5 Å². The average molecular weight is 253 g/mol. The van der Waals surface area contributed by atoms with E-state index in [2.05, 4.69) is 42.9 Å². The Bertz CT molecular complexity index is 740. The third-order valence-electron chi connectivity index (χ3n) is 3.88. The maximum Gasteiger partial charge on any atom is 0.0998 e. The van der Waals surface area contributed by atoms with Gasteiger partial charge < -0.3 is 4.98 Å². The van der Waals surface area contributed by atoms with Crippen LogP contribution >= 0.6 is 0 Å². The molecule has 3 rings (SSSR count). The summed E-state index contributed by atoms with van der Waals surface area (Å²) in [7, 11) is 0. The standard InChI is InChI=1S/C16H19N3/c1-4-10-7-8-13-14(11(10)5-2)16-15(17-9-18-16)12(6-3)19-13/h7-9H,4-6H2,1-3H3,(H,17,18). The van der Waals surface area contributed by atoms with Gasteiger partial charge in [-0.15, -0.1) is 0 Å². The summed E-state index contributed by atoms with van der Waals surface area (Å²) in [4.78, 5) is 12.6. The molecule has 98 valence electrons. The van der Waals surface area contributed by atoms with E-state index in [1.807, 2.05) is 0 Å². The Morgan fingerprint density at radius 1 is 1.05 bits per heavy atom. The van der Waals surface area contributed by atoms with Gasteiger partial charge in [-0.2, -0.15) is 0 Å². The van der Waals surface area contributed by atoms with E-state index in [-0.39, 0.29) is 0 Å². The highest BCUT2D eigenvalue weighted by atomic mass is 14.9. The van der Waals surface area contributed by atoms with Crippen LogP contribution in [0.25, 0.3) is 21.9 Å². The topological polar surface area (TPSA) is 41.6 Å². The second kappa shape index (κ2) is 4.65. The predicted octanol–water partition coefficient (Wildman–Crippen LogP) is 3.80. The van der Waals surface area contributed by atoms with Crippen molar-refractivity contribution in [1.29, 1.82) is 0 Å². The highest BCUT2D eigenvalue weighted by Crippen LogP contribution is 2.29. The van der Waals surface area contributed by atoms with Crippen LogP contribution in [-0.4, -0.2) is 15.0 Å². The van der Waals surface area contributed by atoms with E-state index in [9.17, 15) is 0 Å². The molecule has 0 fully saturated rings. The molecule has 1 aromatic carbocycles. The highest BCUT2D eigenvalue weighted by molar-refractivity contribution is 6.05. The van der Waals surface area contributed by atoms with Crippen LogP contribution in [0.1, 0.15) is 37.6 Å². The van der Waals surface area contributed by atoms with Crippen LogP contribution in [0, 0.1) is 0 Å². The summed E-state index contributed by atoms with van der Waals surface area (Å²) in [5.41, 5.74) is 7.15. The normalized spacial score (nSPS) is 11.5. The van der Waals surface area contributed by atoms with Gasteiger partial charge in [0.15, 0.2) is 0 Å². The first-order valence-electron chi connectivity index (χ1n) is 7.06. The van der Waals surface area contributed by atoms with E-state index in [4.69, 9.17) is 4.98 Å². The first-order chi connectivity index (χ1) is 9.30. The molecule has 0 aliphatic heterocycles. The number of hydrogen-bond acceptors (Lipinski definition) is 2. The quantitative estimate of drug-likeness (QED) is 0.771. The molecule has 0 saturated heterocycles. The van der Waals surface area contributed by atoms with Gasteiger partial charge in [0.2, 0.25) is 0 Å². The van der Waals surface area contributed by atoms with Gasteiger partial charge in [0.25, 0.3) is 0 Å². The van der Waals surface area contributed by atoms with Crippen molar-refractivity contribution >= 4 is 21.9 Å². The van der Waals surface area contributed by atoms with Crippen LogP contribution in [0.2, 0.25) is 0 Å². The molecule has 0 saturated carbocycles. The van der Waals surface area contributed by atoms with Crippen molar-refractivity contribution in [3.63, 3.8) is 0 Å². The van der Waals surface area contributed by atoms with Crippen LogP contribution in [-0.2, 0) is 19.3 Å². The van der Waals surface area contributed by atoms with E-state index in [0.29, 0.717) is 0 Å². The lowest BCUT2D eigenvalue weighted by atomic mass is 9.96. The average Bonchev–Trinajstić information content (AvgIpc) is 2.94. The summed E-state index contributed by atoms with van der Waals surface area (Å²) in [6.07, 6.45) is 4.78.